The lowest BCUT2D eigenvalue weighted by atomic mass is 9.82. The lowest BCUT2D eigenvalue weighted by Gasteiger charge is -2.25. The van der Waals surface area contributed by atoms with Crippen LogP contribution < -0.4 is 10.6 Å². The minimum Gasteiger partial charge on any atom is -0.396 e. The predicted molar refractivity (Wildman–Crippen MR) is 78.9 cm³/mol. The summed E-state index contributed by atoms with van der Waals surface area (Å²) >= 11 is 0. The number of amides is 1. The SMILES string of the molecule is Cc1c(NC(=O)CN2CC3CNCC3(CO)C2)cnn1C. The van der Waals surface area contributed by atoms with Crippen LogP contribution in [0.4, 0.5) is 5.69 Å². The first kappa shape index (κ1) is 14.5. The van der Waals surface area contributed by atoms with Gasteiger partial charge in [-0.2, -0.15) is 5.10 Å². The van der Waals surface area contributed by atoms with Gasteiger partial charge in [0, 0.05) is 32.1 Å². The molecule has 0 spiro atoms. The molecule has 2 atom stereocenters. The second-order valence-corrected chi connectivity index (χ2v) is 6.33. The number of anilines is 1. The van der Waals surface area contributed by atoms with Crippen molar-refractivity contribution in [1.29, 1.82) is 0 Å². The molecule has 7 nitrogen and oxygen atoms in total. The Balaban J connectivity index is 1.58. The Labute approximate surface area is 124 Å². The molecule has 1 aromatic heterocycles. The number of aliphatic hydroxyl groups is 1. The Hall–Kier alpha value is -1.44. The van der Waals surface area contributed by atoms with Gasteiger partial charge in [0.05, 0.1) is 30.7 Å². The first-order valence-corrected chi connectivity index (χ1v) is 7.36. The summed E-state index contributed by atoms with van der Waals surface area (Å²) in [4.78, 5) is 14.3. The van der Waals surface area contributed by atoms with E-state index in [1.54, 1.807) is 10.9 Å². The van der Waals surface area contributed by atoms with Crippen LogP contribution in [0.5, 0.6) is 0 Å². The predicted octanol–water partition coefficient (Wildman–Crippen LogP) is -0.819. The number of carbonyl (C=O) groups is 1. The van der Waals surface area contributed by atoms with E-state index in [4.69, 9.17) is 0 Å². The number of rotatable bonds is 4. The zero-order valence-corrected chi connectivity index (χ0v) is 12.6. The van der Waals surface area contributed by atoms with Crippen molar-refractivity contribution in [3.05, 3.63) is 11.9 Å². The van der Waals surface area contributed by atoms with E-state index in [0.717, 1.165) is 37.6 Å². The van der Waals surface area contributed by atoms with Gasteiger partial charge in [0.1, 0.15) is 0 Å². The smallest absolute Gasteiger partial charge is 0.238 e. The number of nitrogens with zero attached hydrogens (tertiary/aromatic N) is 3. The van der Waals surface area contributed by atoms with Crippen LogP contribution in [0.1, 0.15) is 5.69 Å². The molecular formula is C14H23N5O2. The fraction of sp³-hybridized carbons (Fsp3) is 0.714. The van der Waals surface area contributed by atoms with Gasteiger partial charge in [0.15, 0.2) is 0 Å². The summed E-state index contributed by atoms with van der Waals surface area (Å²) in [6.07, 6.45) is 1.67. The van der Waals surface area contributed by atoms with Crippen LogP contribution in [0.15, 0.2) is 6.20 Å². The van der Waals surface area contributed by atoms with Gasteiger partial charge < -0.3 is 15.7 Å². The molecule has 2 aliphatic rings. The molecule has 3 heterocycles. The van der Waals surface area contributed by atoms with E-state index in [1.807, 2.05) is 14.0 Å². The molecule has 0 bridgehead atoms. The number of fused-ring (bicyclic) bond motifs is 1. The van der Waals surface area contributed by atoms with Crippen molar-refractivity contribution in [2.45, 2.75) is 6.92 Å². The molecule has 1 aromatic rings. The quantitative estimate of drug-likeness (QED) is 0.676. The van der Waals surface area contributed by atoms with Crippen molar-refractivity contribution >= 4 is 11.6 Å². The van der Waals surface area contributed by atoms with Crippen LogP contribution in [-0.2, 0) is 11.8 Å². The van der Waals surface area contributed by atoms with E-state index in [-0.39, 0.29) is 17.9 Å². The third kappa shape index (κ3) is 2.56. The molecule has 3 N–H and O–H groups in total. The van der Waals surface area contributed by atoms with Crippen molar-refractivity contribution in [3.8, 4) is 0 Å². The number of nitrogens with one attached hydrogen (secondary N) is 2. The summed E-state index contributed by atoms with van der Waals surface area (Å²) in [7, 11) is 1.85. The molecule has 0 aliphatic carbocycles. The van der Waals surface area contributed by atoms with Crippen LogP contribution in [-0.4, -0.2) is 65.0 Å². The number of hydrogen-bond acceptors (Lipinski definition) is 5. The van der Waals surface area contributed by atoms with Gasteiger partial charge in [-0.05, 0) is 19.4 Å². The molecule has 7 heteroatoms. The maximum absolute atomic E-state index is 12.2. The molecule has 2 saturated heterocycles. The molecule has 0 radical (unpaired) electrons. The summed E-state index contributed by atoms with van der Waals surface area (Å²) in [5.41, 5.74) is 1.64. The highest BCUT2D eigenvalue weighted by atomic mass is 16.3. The molecule has 21 heavy (non-hydrogen) atoms. The number of hydrogen-bond donors (Lipinski definition) is 3. The lowest BCUT2D eigenvalue weighted by molar-refractivity contribution is -0.117. The Bertz CT molecular complexity index is 543. The van der Waals surface area contributed by atoms with Crippen LogP contribution in [0, 0.1) is 18.3 Å². The summed E-state index contributed by atoms with van der Waals surface area (Å²) in [6.45, 7) is 5.90. The minimum atomic E-state index is -0.0650. The maximum Gasteiger partial charge on any atom is 0.238 e. The monoisotopic (exact) mass is 293 g/mol. The zero-order valence-electron chi connectivity index (χ0n) is 12.6. The number of aryl methyl sites for hydroxylation is 1. The minimum absolute atomic E-state index is 0.0212. The number of aromatic nitrogens is 2. The summed E-state index contributed by atoms with van der Waals surface area (Å²) < 4.78 is 1.74. The Morgan fingerprint density at radius 1 is 1.67 bits per heavy atom. The van der Waals surface area contributed by atoms with Gasteiger partial charge >= 0.3 is 0 Å². The second kappa shape index (κ2) is 5.40. The average Bonchev–Trinajstić information content (AvgIpc) is 3.07. The highest BCUT2D eigenvalue weighted by Gasteiger charge is 2.49. The average molecular weight is 293 g/mol. The second-order valence-electron chi connectivity index (χ2n) is 6.33. The van der Waals surface area contributed by atoms with Crippen molar-refractivity contribution in [3.63, 3.8) is 0 Å². The highest BCUT2D eigenvalue weighted by molar-refractivity contribution is 5.92. The van der Waals surface area contributed by atoms with Gasteiger partial charge in [-0.3, -0.25) is 14.4 Å². The molecule has 2 fully saturated rings. The lowest BCUT2D eigenvalue weighted by Crippen LogP contribution is -2.38. The first-order valence-electron chi connectivity index (χ1n) is 7.36. The van der Waals surface area contributed by atoms with Gasteiger partial charge in [-0.15, -0.1) is 0 Å². The van der Waals surface area contributed by atoms with E-state index < -0.39 is 0 Å². The third-order valence-electron chi connectivity index (χ3n) is 4.94. The molecule has 2 aliphatic heterocycles. The first-order chi connectivity index (χ1) is 10.0. The Morgan fingerprint density at radius 2 is 2.48 bits per heavy atom. The van der Waals surface area contributed by atoms with Crippen molar-refractivity contribution in [1.82, 2.24) is 20.0 Å². The van der Waals surface area contributed by atoms with Gasteiger partial charge in [-0.25, -0.2) is 0 Å². The summed E-state index contributed by atoms with van der Waals surface area (Å²) in [5.74, 6) is 0.419. The molecular weight excluding hydrogens is 270 g/mol. The van der Waals surface area contributed by atoms with Crippen LogP contribution in [0.3, 0.4) is 0 Å². The Morgan fingerprint density at radius 3 is 3.10 bits per heavy atom. The van der Waals surface area contributed by atoms with Crippen molar-refractivity contribution < 1.29 is 9.90 Å². The highest BCUT2D eigenvalue weighted by Crippen LogP contribution is 2.38. The van der Waals surface area contributed by atoms with E-state index in [2.05, 4.69) is 20.6 Å². The molecule has 0 saturated carbocycles. The van der Waals surface area contributed by atoms with Gasteiger partial charge in [0.2, 0.25) is 5.91 Å². The fourth-order valence-corrected chi connectivity index (χ4v) is 3.49. The summed E-state index contributed by atoms with van der Waals surface area (Å²) in [5, 5.41) is 20.0. The van der Waals surface area contributed by atoms with E-state index in [9.17, 15) is 9.90 Å². The van der Waals surface area contributed by atoms with E-state index >= 15 is 0 Å². The maximum atomic E-state index is 12.2. The normalized spacial score (nSPS) is 28.8. The number of carbonyl (C=O) groups excluding carboxylic acids is 1. The third-order valence-corrected chi connectivity index (χ3v) is 4.94. The largest absolute Gasteiger partial charge is 0.396 e. The molecule has 3 rings (SSSR count). The van der Waals surface area contributed by atoms with Gasteiger partial charge in [0.25, 0.3) is 0 Å². The molecule has 0 aromatic carbocycles. The van der Waals surface area contributed by atoms with E-state index in [0.29, 0.717) is 12.5 Å². The van der Waals surface area contributed by atoms with Crippen molar-refractivity contribution in [2.75, 3.05) is 44.6 Å². The van der Waals surface area contributed by atoms with Gasteiger partial charge in [-0.1, -0.05) is 0 Å². The fourth-order valence-electron chi connectivity index (χ4n) is 3.49. The molecule has 2 unspecified atom stereocenters. The number of aliphatic hydroxyl groups excluding tert-OH is 1. The van der Waals surface area contributed by atoms with Crippen LogP contribution >= 0.6 is 0 Å². The number of likely N-dealkylation sites (tertiary alicyclic amines) is 1. The standard InChI is InChI=1S/C14H23N5O2/c1-10-12(4-16-18(10)2)17-13(21)6-19-5-11-3-15-7-14(11,8-19)9-20/h4,11,15,20H,3,5-9H2,1-2H3,(H,17,21). The summed E-state index contributed by atoms with van der Waals surface area (Å²) in [6, 6.07) is 0. The van der Waals surface area contributed by atoms with Crippen molar-refractivity contribution in [2.24, 2.45) is 18.4 Å². The Kier molecular flexibility index (Phi) is 3.73. The topological polar surface area (TPSA) is 82.4 Å². The molecule has 1 amide bonds. The van der Waals surface area contributed by atoms with E-state index in [1.165, 1.54) is 0 Å². The van der Waals surface area contributed by atoms with Crippen LogP contribution in [0.2, 0.25) is 0 Å². The molecule has 116 valence electrons. The van der Waals surface area contributed by atoms with Crippen LogP contribution in [0.25, 0.3) is 0 Å². The zero-order chi connectivity index (χ0) is 15.0.